The van der Waals surface area contributed by atoms with Crippen molar-refractivity contribution in [3.63, 3.8) is 0 Å². The minimum atomic E-state index is -0.867. The number of aliphatic carboxylic acids is 1. The lowest BCUT2D eigenvalue weighted by molar-refractivity contribution is -0.131. The summed E-state index contributed by atoms with van der Waals surface area (Å²) in [5.41, 5.74) is 0.239. The smallest absolute Gasteiger partial charge is 0.328 e. The van der Waals surface area contributed by atoms with Crippen molar-refractivity contribution in [1.29, 1.82) is 0 Å². The SMILES string of the molecule is CC(C)(C)N1CCN(CC=CC(=O)O)CC1. The molecule has 16 heavy (non-hydrogen) atoms. The van der Waals surface area contributed by atoms with Gasteiger partial charge in [0.15, 0.2) is 0 Å². The lowest BCUT2D eigenvalue weighted by Crippen LogP contribution is -2.53. The largest absolute Gasteiger partial charge is 0.478 e. The Hall–Kier alpha value is -0.870. The van der Waals surface area contributed by atoms with Gasteiger partial charge in [-0.2, -0.15) is 0 Å². The van der Waals surface area contributed by atoms with Gasteiger partial charge in [0.05, 0.1) is 0 Å². The molecule has 1 fully saturated rings. The van der Waals surface area contributed by atoms with Gasteiger partial charge in [-0.05, 0) is 20.8 Å². The molecule has 92 valence electrons. The molecule has 0 amide bonds. The van der Waals surface area contributed by atoms with E-state index in [2.05, 4.69) is 30.6 Å². The maximum atomic E-state index is 10.3. The van der Waals surface area contributed by atoms with E-state index in [0.29, 0.717) is 0 Å². The van der Waals surface area contributed by atoms with E-state index in [9.17, 15) is 4.79 Å². The summed E-state index contributed by atoms with van der Waals surface area (Å²) in [4.78, 5) is 15.1. The Morgan fingerprint density at radius 2 is 1.81 bits per heavy atom. The topological polar surface area (TPSA) is 43.8 Å². The van der Waals surface area contributed by atoms with Crippen molar-refractivity contribution in [3.05, 3.63) is 12.2 Å². The van der Waals surface area contributed by atoms with Crippen molar-refractivity contribution >= 4 is 5.97 Å². The third-order valence-corrected chi connectivity index (χ3v) is 2.95. The van der Waals surface area contributed by atoms with Gasteiger partial charge in [-0.25, -0.2) is 4.79 Å². The summed E-state index contributed by atoms with van der Waals surface area (Å²) in [5, 5.41) is 8.48. The van der Waals surface area contributed by atoms with Crippen LogP contribution in [0.4, 0.5) is 0 Å². The zero-order valence-corrected chi connectivity index (χ0v) is 10.4. The van der Waals surface area contributed by atoms with Gasteiger partial charge in [0, 0.05) is 44.3 Å². The summed E-state index contributed by atoms with van der Waals surface area (Å²) in [6.07, 6.45) is 2.94. The number of hydrogen-bond acceptors (Lipinski definition) is 3. The van der Waals surface area contributed by atoms with E-state index in [1.807, 2.05) is 0 Å². The van der Waals surface area contributed by atoms with Gasteiger partial charge in [0.25, 0.3) is 0 Å². The lowest BCUT2D eigenvalue weighted by Gasteiger charge is -2.42. The van der Waals surface area contributed by atoms with Crippen molar-refractivity contribution < 1.29 is 9.90 Å². The van der Waals surface area contributed by atoms with Crippen LogP contribution in [-0.4, -0.2) is 59.1 Å². The molecule has 0 bridgehead atoms. The van der Waals surface area contributed by atoms with Crippen LogP contribution in [0, 0.1) is 0 Å². The summed E-state index contributed by atoms with van der Waals surface area (Å²) in [5.74, 6) is -0.867. The van der Waals surface area contributed by atoms with E-state index in [-0.39, 0.29) is 5.54 Å². The van der Waals surface area contributed by atoms with E-state index >= 15 is 0 Å². The maximum absolute atomic E-state index is 10.3. The highest BCUT2D eigenvalue weighted by Gasteiger charge is 2.24. The lowest BCUT2D eigenvalue weighted by atomic mass is 10.1. The summed E-state index contributed by atoms with van der Waals surface area (Å²) in [6, 6.07) is 0. The van der Waals surface area contributed by atoms with Crippen LogP contribution < -0.4 is 0 Å². The number of hydrogen-bond donors (Lipinski definition) is 1. The van der Waals surface area contributed by atoms with Crippen molar-refractivity contribution in [1.82, 2.24) is 9.80 Å². The zero-order chi connectivity index (χ0) is 12.2. The van der Waals surface area contributed by atoms with Crippen LogP contribution in [0.1, 0.15) is 20.8 Å². The summed E-state index contributed by atoms with van der Waals surface area (Å²) in [7, 11) is 0. The van der Waals surface area contributed by atoms with Gasteiger partial charge in [-0.3, -0.25) is 9.80 Å². The van der Waals surface area contributed by atoms with Gasteiger partial charge in [-0.1, -0.05) is 6.08 Å². The second kappa shape index (κ2) is 5.46. The molecule has 0 unspecified atom stereocenters. The molecule has 0 atom stereocenters. The molecule has 0 aromatic heterocycles. The number of carbonyl (C=O) groups is 1. The highest BCUT2D eigenvalue weighted by Crippen LogP contribution is 2.15. The fourth-order valence-corrected chi connectivity index (χ4v) is 1.90. The summed E-state index contributed by atoms with van der Waals surface area (Å²) >= 11 is 0. The second-order valence-electron chi connectivity index (χ2n) is 5.20. The predicted octanol–water partition coefficient (Wildman–Crippen LogP) is 1.04. The van der Waals surface area contributed by atoms with Gasteiger partial charge in [-0.15, -0.1) is 0 Å². The van der Waals surface area contributed by atoms with Crippen molar-refractivity contribution in [2.75, 3.05) is 32.7 Å². The molecular weight excluding hydrogens is 204 g/mol. The number of piperazine rings is 1. The van der Waals surface area contributed by atoms with Crippen molar-refractivity contribution in [2.45, 2.75) is 26.3 Å². The summed E-state index contributed by atoms with van der Waals surface area (Å²) in [6.45, 7) is 11.6. The molecule has 0 saturated carbocycles. The molecule has 0 radical (unpaired) electrons. The molecule has 1 aliphatic heterocycles. The molecule has 4 heteroatoms. The number of carboxylic acid groups (broad SMARTS) is 1. The predicted molar refractivity (Wildman–Crippen MR) is 64.5 cm³/mol. The van der Waals surface area contributed by atoms with Gasteiger partial charge in [0.2, 0.25) is 0 Å². The van der Waals surface area contributed by atoms with Crippen LogP contribution in [0.2, 0.25) is 0 Å². The first-order chi connectivity index (χ1) is 7.39. The molecule has 1 heterocycles. The maximum Gasteiger partial charge on any atom is 0.328 e. The molecule has 1 rings (SSSR count). The summed E-state index contributed by atoms with van der Waals surface area (Å²) < 4.78 is 0. The molecule has 0 aromatic carbocycles. The molecule has 0 spiro atoms. The van der Waals surface area contributed by atoms with Crippen molar-refractivity contribution in [2.24, 2.45) is 0 Å². The third-order valence-electron chi connectivity index (χ3n) is 2.95. The van der Waals surface area contributed by atoms with E-state index in [0.717, 1.165) is 32.7 Å². The van der Waals surface area contributed by atoms with Crippen molar-refractivity contribution in [3.8, 4) is 0 Å². The van der Waals surface area contributed by atoms with Crippen LogP contribution in [0.5, 0.6) is 0 Å². The molecule has 4 nitrogen and oxygen atoms in total. The van der Waals surface area contributed by atoms with E-state index < -0.39 is 5.97 Å². The molecule has 0 aliphatic carbocycles. The normalized spacial score (nSPS) is 20.4. The highest BCUT2D eigenvalue weighted by atomic mass is 16.4. The van der Waals surface area contributed by atoms with Crippen LogP contribution >= 0.6 is 0 Å². The van der Waals surface area contributed by atoms with Gasteiger partial charge in [0.1, 0.15) is 0 Å². The Bertz CT molecular complexity index is 261. The van der Waals surface area contributed by atoms with Crippen LogP contribution in [0.25, 0.3) is 0 Å². The Morgan fingerprint density at radius 3 is 2.25 bits per heavy atom. The Morgan fingerprint density at radius 1 is 1.25 bits per heavy atom. The average molecular weight is 226 g/mol. The minimum Gasteiger partial charge on any atom is -0.478 e. The Kier molecular flexibility index (Phi) is 4.50. The molecule has 1 N–H and O–H groups in total. The standard InChI is InChI=1S/C12H22N2O2/c1-12(2,3)14-9-7-13(8-10-14)6-4-5-11(15)16/h4-5H,6-10H2,1-3H3,(H,15,16). The first-order valence-electron chi connectivity index (χ1n) is 5.76. The fourth-order valence-electron chi connectivity index (χ4n) is 1.90. The first-order valence-corrected chi connectivity index (χ1v) is 5.76. The Balaban J connectivity index is 2.30. The fraction of sp³-hybridized carbons (Fsp3) is 0.750. The van der Waals surface area contributed by atoms with E-state index in [4.69, 9.17) is 5.11 Å². The third kappa shape index (κ3) is 4.33. The van der Waals surface area contributed by atoms with Crippen LogP contribution in [0.3, 0.4) is 0 Å². The Labute approximate surface area is 97.5 Å². The first kappa shape index (κ1) is 13.2. The molecule has 1 saturated heterocycles. The second-order valence-corrected chi connectivity index (χ2v) is 5.20. The molecular formula is C12H22N2O2. The highest BCUT2D eigenvalue weighted by molar-refractivity contribution is 5.79. The average Bonchev–Trinajstić information content (AvgIpc) is 2.16. The monoisotopic (exact) mass is 226 g/mol. The van der Waals surface area contributed by atoms with Crippen LogP contribution in [-0.2, 0) is 4.79 Å². The van der Waals surface area contributed by atoms with Crippen LogP contribution in [0.15, 0.2) is 12.2 Å². The van der Waals surface area contributed by atoms with Gasteiger partial charge >= 0.3 is 5.97 Å². The van der Waals surface area contributed by atoms with E-state index in [1.54, 1.807) is 6.08 Å². The number of nitrogens with zero attached hydrogens (tertiary/aromatic N) is 2. The van der Waals surface area contributed by atoms with Gasteiger partial charge < -0.3 is 5.11 Å². The minimum absolute atomic E-state index is 0.239. The quantitative estimate of drug-likeness (QED) is 0.730. The number of rotatable bonds is 3. The number of carboxylic acids is 1. The zero-order valence-electron chi connectivity index (χ0n) is 10.4. The molecule has 1 aliphatic rings. The van der Waals surface area contributed by atoms with E-state index in [1.165, 1.54) is 6.08 Å². The molecule has 0 aromatic rings.